The molecule has 0 fully saturated rings. The summed E-state index contributed by atoms with van der Waals surface area (Å²) in [6.45, 7) is 7.64. The van der Waals surface area contributed by atoms with E-state index >= 15 is 0 Å². The maximum Gasteiger partial charge on any atom is 0.275 e. The molecular weight excluding hydrogens is 871 g/mol. The first-order valence-corrected chi connectivity index (χ1v) is 23.1. The molecule has 62 heavy (non-hydrogen) atoms. The Morgan fingerprint density at radius 1 is 0.919 bits per heavy atom. The molecule has 16 heteroatoms. The van der Waals surface area contributed by atoms with Crippen LogP contribution in [0.15, 0.2) is 90.0 Å². The predicted octanol–water partition coefficient (Wildman–Crippen LogP) is 8.54. The highest BCUT2D eigenvalue weighted by Gasteiger charge is 2.30. The molecule has 7 rings (SSSR count). The van der Waals surface area contributed by atoms with E-state index in [9.17, 15) is 27.9 Å². The van der Waals surface area contributed by atoms with E-state index in [0.717, 1.165) is 47.9 Å². The summed E-state index contributed by atoms with van der Waals surface area (Å²) >= 11 is 19.2. The number of aliphatic hydroxyl groups is 1. The lowest BCUT2D eigenvalue weighted by Crippen LogP contribution is -2.39. The van der Waals surface area contributed by atoms with Gasteiger partial charge in [-0.15, -0.1) is 0 Å². The molecule has 2 amide bonds. The van der Waals surface area contributed by atoms with Crippen molar-refractivity contribution in [2.45, 2.75) is 76.9 Å². The molecule has 0 aliphatic carbocycles. The van der Waals surface area contributed by atoms with Crippen LogP contribution in [0.2, 0.25) is 15.1 Å². The molecule has 0 radical (unpaired) electrons. The van der Waals surface area contributed by atoms with Gasteiger partial charge in [-0.05, 0) is 97.5 Å². The van der Waals surface area contributed by atoms with Crippen molar-refractivity contribution in [3.8, 4) is 5.69 Å². The number of aromatic nitrogens is 3. The van der Waals surface area contributed by atoms with Gasteiger partial charge in [-0.1, -0.05) is 85.8 Å². The molecule has 0 saturated heterocycles. The van der Waals surface area contributed by atoms with Crippen molar-refractivity contribution in [1.82, 2.24) is 29.3 Å². The van der Waals surface area contributed by atoms with Crippen LogP contribution in [0.1, 0.15) is 98.7 Å². The number of carbonyl (C=O) groups excluding carboxylic acids is 3. The minimum absolute atomic E-state index is 0.0300. The van der Waals surface area contributed by atoms with Crippen molar-refractivity contribution in [2.24, 2.45) is 0 Å². The van der Waals surface area contributed by atoms with Crippen LogP contribution in [0, 0.1) is 6.92 Å². The first-order chi connectivity index (χ1) is 29.7. The van der Waals surface area contributed by atoms with Crippen LogP contribution in [0.3, 0.4) is 0 Å². The summed E-state index contributed by atoms with van der Waals surface area (Å²) in [6, 6.07) is 21.0. The number of ketones is 1. The normalized spacial score (nSPS) is 13.9. The third-order valence-electron chi connectivity index (χ3n) is 11.2. The molecule has 1 unspecified atom stereocenters. The number of fused-ring (bicyclic) bond motifs is 2. The third kappa shape index (κ3) is 9.34. The summed E-state index contributed by atoms with van der Waals surface area (Å²) in [4.78, 5) is 44.3. The van der Waals surface area contributed by atoms with Gasteiger partial charge >= 0.3 is 0 Å². The molecule has 324 valence electrons. The van der Waals surface area contributed by atoms with Gasteiger partial charge < -0.3 is 19.9 Å². The second-order valence-corrected chi connectivity index (χ2v) is 18.4. The second-order valence-electron chi connectivity index (χ2n) is 15.5. The number of nitrogens with one attached hydrogen (secondary N) is 2. The number of halogens is 3. The zero-order valence-electron chi connectivity index (χ0n) is 34.6. The fraction of sp³-hybridized carbons (Fsp3) is 0.304. The molecule has 0 saturated carbocycles. The maximum atomic E-state index is 14.8. The van der Waals surface area contributed by atoms with Crippen molar-refractivity contribution in [1.29, 1.82) is 0 Å². The predicted molar refractivity (Wildman–Crippen MR) is 242 cm³/mol. The number of carbonyl (C=O) groups is 3. The minimum atomic E-state index is -4.40. The lowest BCUT2D eigenvalue weighted by atomic mass is 9.87. The van der Waals surface area contributed by atoms with E-state index in [0.29, 0.717) is 59.3 Å². The number of hydrogen-bond donors (Lipinski definition) is 3. The summed E-state index contributed by atoms with van der Waals surface area (Å²) < 4.78 is 33.1. The quantitative estimate of drug-likeness (QED) is 0.0817. The monoisotopic (exact) mass is 916 g/mol. The van der Waals surface area contributed by atoms with Crippen LogP contribution >= 0.6 is 34.8 Å². The summed E-state index contributed by atoms with van der Waals surface area (Å²) in [5.41, 5.74) is 4.25. The Bertz CT molecular complexity index is 2800. The second kappa shape index (κ2) is 19.2. The van der Waals surface area contributed by atoms with Crippen molar-refractivity contribution in [3.05, 3.63) is 145 Å². The number of nitrogens with zero attached hydrogens (tertiary/aromatic N) is 4. The summed E-state index contributed by atoms with van der Waals surface area (Å²) in [5.74, 6) is -1.75. The molecule has 1 aliphatic rings. The van der Waals surface area contributed by atoms with Gasteiger partial charge in [0.1, 0.15) is 0 Å². The van der Waals surface area contributed by atoms with E-state index in [1.54, 1.807) is 48.2 Å². The van der Waals surface area contributed by atoms with E-state index in [-0.39, 0.29) is 51.0 Å². The van der Waals surface area contributed by atoms with Crippen LogP contribution < -0.4 is 10.0 Å². The third-order valence-corrected chi connectivity index (χ3v) is 13.7. The molecule has 4 aromatic carbocycles. The van der Waals surface area contributed by atoms with Gasteiger partial charge in [-0.3, -0.25) is 14.4 Å². The van der Waals surface area contributed by atoms with E-state index in [1.165, 1.54) is 35.0 Å². The smallest absolute Gasteiger partial charge is 0.275 e. The number of amides is 2. The highest BCUT2D eigenvalue weighted by atomic mass is 35.5. The first kappa shape index (κ1) is 45.0. The highest BCUT2D eigenvalue weighted by molar-refractivity contribution is 7.90. The fourth-order valence-electron chi connectivity index (χ4n) is 7.72. The lowest BCUT2D eigenvalue weighted by Gasteiger charge is -2.26. The summed E-state index contributed by atoms with van der Waals surface area (Å²) in [7, 11) is -4.40. The molecule has 2 aromatic heterocycles. The SMILES string of the molecule is CCCCN(CCCC)C(=O)c1nn(-c2ccc(C(=O)NS(=O)(=O)c3ccc4c(ccn4Cc4ccc(Cl)c(Cl)c4)c3)cc2C(=O)c2cccc3c2CC(CO)NC3)c(C)c1Cl. The van der Waals surface area contributed by atoms with Crippen molar-refractivity contribution in [3.63, 3.8) is 0 Å². The minimum Gasteiger partial charge on any atom is -0.395 e. The number of sulfonamides is 1. The van der Waals surface area contributed by atoms with Gasteiger partial charge in [-0.25, -0.2) is 17.8 Å². The Morgan fingerprint density at radius 2 is 1.68 bits per heavy atom. The molecule has 3 heterocycles. The van der Waals surface area contributed by atoms with E-state index < -0.39 is 21.7 Å². The highest BCUT2D eigenvalue weighted by Crippen LogP contribution is 2.31. The molecule has 6 aromatic rings. The number of aliphatic hydroxyl groups excluding tert-OH is 1. The molecular formula is C46H47Cl3N6O6S. The fourth-order valence-corrected chi connectivity index (χ4v) is 9.25. The molecule has 12 nitrogen and oxygen atoms in total. The largest absolute Gasteiger partial charge is 0.395 e. The lowest BCUT2D eigenvalue weighted by molar-refractivity contribution is 0.0744. The van der Waals surface area contributed by atoms with Crippen LogP contribution in [0.5, 0.6) is 0 Å². The number of rotatable bonds is 16. The van der Waals surface area contributed by atoms with Gasteiger partial charge in [-0.2, -0.15) is 5.10 Å². The van der Waals surface area contributed by atoms with Gasteiger partial charge in [0.15, 0.2) is 11.5 Å². The molecule has 1 atom stereocenters. The summed E-state index contributed by atoms with van der Waals surface area (Å²) in [5, 5.41) is 19.6. The molecule has 0 bridgehead atoms. The maximum absolute atomic E-state index is 14.8. The molecule has 3 N–H and O–H groups in total. The van der Waals surface area contributed by atoms with E-state index in [4.69, 9.17) is 34.8 Å². The van der Waals surface area contributed by atoms with Gasteiger partial charge in [0.25, 0.3) is 21.8 Å². The number of hydrogen-bond acceptors (Lipinski definition) is 8. The van der Waals surface area contributed by atoms with Crippen molar-refractivity contribution in [2.75, 3.05) is 19.7 Å². The first-order valence-electron chi connectivity index (χ1n) is 20.5. The topological polar surface area (TPSA) is 156 Å². The van der Waals surface area contributed by atoms with Gasteiger partial charge in [0.2, 0.25) is 0 Å². The number of benzene rings is 4. The van der Waals surface area contributed by atoms with Crippen molar-refractivity contribution < 1.29 is 27.9 Å². The Kier molecular flexibility index (Phi) is 13.9. The number of unbranched alkanes of at least 4 members (excludes halogenated alkanes) is 2. The average Bonchev–Trinajstić information content (AvgIpc) is 3.81. The Hall–Kier alpha value is -5.02. The van der Waals surface area contributed by atoms with Gasteiger partial charge in [0, 0.05) is 66.0 Å². The molecule has 1 aliphatic heterocycles. The van der Waals surface area contributed by atoms with Gasteiger partial charge in [0.05, 0.1) is 38.0 Å². The Balaban J connectivity index is 1.24. The van der Waals surface area contributed by atoms with Crippen molar-refractivity contribution >= 4 is 73.3 Å². The van der Waals surface area contributed by atoms with Crippen LogP contribution in [-0.4, -0.2) is 76.1 Å². The Morgan fingerprint density at radius 3 is 2.39 bits per heavy atom. The van der Waals surface area contributed by atoms with Crippen LogP contribution in [0.4, 0.5) is 0 Å². The van der Waals surface area contributed by atoms with E-state index in [1.807, 2.05) is 22.9 Å². The zero-order chi connectivity index (χ0) is 44.3. The standard InChI is InChI=1S/C46H47Cl3N6O6S/c1-4-6-18-53(19-7-5-2)46(59)43-42(49)28(3)55(51-43)41-15-12-31(23-37(41)44(57)35-10-8-9-32-25-50-33(27-56)24-36(32)35)45(58)52-62(60,61)34-13-16-40-30(22-34)17-20-54(40)26-29-11-14-38(47)39(48)21-29/h8-17,20-23,33,50,56H,4-7,18-19,24-27H2,1-3H3,(H,52,58). The summed E-state index contributed by atoms with van der Waals surface area (Å²) in [6.07, 6.45) is 5.61. The average molecular weight is 918 g/mol. The van der Waals surface area contributed by atoms with Crippen LogP contribution in [0.25, 0.3) is 16.6 Å². The van der Waals surface area contributed by atoms with Crippen LogP contribution in [-0.2, 0) is 29.5 Å². The van der Waals surface area contributed by atoms with E-state index in [2.05, 4.69) is 29.0 Å². The zero-order valence-corrected chi connectivity index (χ0v) is 37.6. The molecule has 0 spiro atoms. The Labute approximate surface area is 375 Å².